The summed E-state index contributed by atoms with van der Waals surface area (Å²) in [5.41, 5.74) is -1.12. The van der Waals surface area contributed by atoms with Crippen LogP contribution in [0.15, 0.2) is 18.3 Å². The van der Waals surface area contributed by atoms with E-state index in [0.29, 0.717) is 37.0 Å². The summed E-state index contributed by atoms with van der Waals surface area (Å²) in [6, 6.07) is 2.38. The van der Waals surface area contributed by atoms with E-state index in [1.54, 1.807) is 33.1 Å². The van der Waals surface area contributed by atoms with E-state index in [1.165, 1.54) is 11.1 Å². The lowest BCUT2D eigenvalue weighted by atomic mass is 9.65. The molecule has 1 saturated carbocycles. The number of aliphatic hydroxyl groups is 1. The quantitative estimate of drug-likeness (QED) is 0.646. The Balaban J connectivity index is 1.50. The molecule has 9 nitrogen and oxygen atoms in total. The molecule has 3 heterocycles. The van der Waals surface area contributed by atoms with Gasteiger partial charge in [-0.3, -0.25) is 14.7 Å². The molecule has 3 N–H and O–H groups in total. The number of pyridine rings is 1. The van der Waals surface area contributed by atoms with Crippen molar-refractivity contribution in [2.24, 2.45) is 5.41 Å². The molecule has 0 bridgehead atoms. The van der Waals surface area contributed by atoms with Crippen LogP contribution in [-0.2, 0) is 14.3 Å². The van der Waals surface area contributed by atoms with Gasteiger partial charge in [0.1, 0.15) is 23.5 Å². The highest BCUT2D eigenvalue weighted by molar-refractivity contribution is 5.98. The number of amides is 2. The highest BCUT2D eigenvalue weighted by atomic mass is 19.1. The highest BCUT2D eigenvalue weighted by Crippen LogP contribution is 2.45. The maximum absolute atomic E-state index is 14.4. The second kappa shape index (κ2) is 8.40. The van der Waals surface area contributed by atoms with E-state index in [0.717, 1.165) is 5.52 Å². The van der Waals surface area contributed by atoms with Gasteiger partial charge >= 0.3 is 0 Å². The number of alkyl halides is 1. The Morgan fingerprint density at radius 2 is 2.06 bits per heavy atom. The Morgan fingerprint density at radius 1 is 1.34 bits per heavy atom. The molecule has 2 aromatic heterocycles. The summed E-state index contributed by atoms with van der Waals surface area (Å²) in [5.74, 6) is -0.622. The Kier molecular flexibility index (Phi) is 5.93. The molecule has 0 aromatic carbocycles. The summed E-state index contributed by atoms with van der Waals surface area (Å²) in [7, 11) is 1.64. The van der Waals surface area contributed by atoms with Crippen molar-refractivity contribution >= 4 is 28.7 Å². The fourth-order valence-corrected chi connectivity index (χ4v) is 4.86. The van der Waals surface area contributed by atoms with Gasteiger partial charge in [0.15, 0.2) is 0 Å². The third kappa shape index (κ3) is 3.97. The largest absolute Gasteiger partial charge is 0.389 e. The third-order valence-corrected chi connectivity index (χ3v) is 7.15. The predicted octanol–water partition coefficient (Wildman–Crippen LogP) is 2.18. The molecule has 0 unspecified atom stereocenters. The van der Waals surface area contributed by atoms with E-state index >= 15 is 0 Å². The SMILES string of the molecule is COC1CCC(O)(C(C)(C)C(=O)N2C[C@H](F)C[C@@H]2C(=O)Nc2ccc3[nH]ncc3n2)CC1. The van der Waals surface area contributed by atoms with Crippen molar-refractivity contribution in [1.29, 1.82) is 0 Å². The molecule has 174 valence electrons. The van der Waals surface area contributed by atoms with Gasteiger partial charge in [0, 0.05) is 13.5 Å². The fourth-order valence-electron chi connectivity index (χ4n) is 4.86. The van der Waals surface area contributed by atoms with Gasteiger partial charge in [0.05, 0.1) is 35.4 Å². The molecule has 1 aliphatic carbocycles. The van der Waals surface area contributed by atoms with Crippen LogP contribution in [0.4, 0.5) is 10.2 Å². The summed E-state index contributed by atoms with van der Waals surface area (Å²) in [5, 5.41) is 20.7. The average molecular weight is 448 g/mol. The molecular weight excluding hydrogens is 417 g/mol. The topological polar surface area (TPSA) is 120 Å². The summed E-state index contributed by atoms with van der Waals surface area (Å²) < 4.78 is 19.8. The molecule has 2 atom stereocenters. The van der Waals surface area contributed by atoms with Gasteiger partial charge in [-0.05, 0) is 51.7 Å². The minimum atomic E-state index is -1.31. The van der Waals surface area contributed by atoms with Gasteiger partial charge in [0.2, 0.25) is 11.8 Å². The van der Waals surface area contributed by atoms with Gasteiger partial charge in [-0.25, -0.2) is 9.37 Å². The van der Waals surface area contributed by atoms with Crippen LogP contribution in [0, 0.1) is 5.41 Å². The molecule has 2 amide bonds. The molecule has 4 rings (SSSR count). The number of hydrogen-bond donors (Lipinski definition) is 3. The zero-order valence-corrected chi connectivity index (χ0v) is 18.6. The highest BCUT2D eigenvalue weighted by Gasteiger charge is 2.54. The van der Waals surface area contributed by atoms with Crippen molar-refractivity contribution in [1.82, 2.24) is 20.1 Å². The molecule has 10 heteroatoms. The Hall–Kier alpha value is -2.59. The van der Waals surface area contributed by atoms with Crippen LogP contribution in [0.3, 0.4) is 0 Å². The van der Waals surface area contributed by atoms with E-state index in [9.17, 15) is 19.1 Å². The van der Waals surface area contributed by atoms with Gasteiger partial charge in [-0.15, -0.1) is 0 Å². The second-order valence-electron chi connectivity index (χ2n) is 9.39. The summed E-state index contributed by atoms with van der Waals surface area (Å²) in [6.45, 7) is 3.18. The standard InChI is InChI=1S/C22H30FN5O4/c1-21(2,22(31)8-6-14(32-3)7-9-22)20(30)28-12-13(23)10-17(28)19(29)26-18-5-4-15-16(25-18)11-24-27-15/h4-5,11,13-14,17,31H,6-10,12H2,1-3H3,(H,24,27)(H,25,26,29)/t13-,14?,17-,22?/m1/s1. The molecule has 32 heavy (non-hydrogen) atoms. The van der Waals surface area contributed by atoms with E-state index in [-0.39, 0.29) is 19.1 Å². The zero-order valence-electron chi connectivity index (χ0n) is 18.6. The number of nitrogens with one attached hydrogen (secondary N) is 2. The molecule has 0 spiro atoms. The lowest BCUT2D eigenvalue weighted by Gasteiger charge is -2.47. The number of aromatic nitrogens is 3. The number of rotatable bonds is 5. The lowest BCUT2D eigenvalue weighted by Crippen LogP contribution is -2.58. The van der Waals surface area contributed by atoms with E-state index in [2.05, 4.69) is 20.5 Å². The first-order valence-corrected chi connectivity index (χ1v) is 11.0. The smallest absolute Gasteiger partial charge is 0.248 e. The van der Waals surface area contributed by atoms with E-state index in [4.69, 9.17) is 4.74 Å². The van der Waals surface area contributed by atoms with Gasteiger partial charge < -0.3 is 20.1 Å². The first-order chi connectivity index (χ1) is 15.1. The molecule has 1 saturated heterocycles. The number of fused-ring (bicyclic) bond motifs is 1. The number of aromatic amines is 1. The van der Waals surface area contributed by atoms with Crippen LogP contribution in [0.1, 0.15) is 46.0 Å². The maximum Gasteiger partial charge on any atom is 0.248 e. The van der Waals surface area contributed by atoms with Crippen LogP contribution in [-0.4, -0.2) is 74.6 Å². The van der Waals surface area contributed by atoms with Crippen LogP contribution < -0.4 is 5.32 Å². The van der Waals surface area contributed by atoms with Crippen molar-refractivity contribution in [3.05, 3.63) is 18.3 Å². The number of nitrogens with zero attached hydrogens (tertiary/aromatic N) is 3. The van der Waals surface area contributed by atoms with E-state index in [1.807, 2.05) is 0 Å². The van der Waals surface area contributed by atoms with Crippen molar-refractivity contribution < 1.29 is 23.8 Å². The first-order valence-electron chi connectivity index (χ1n) is 11.0. The van der Waals surface area contributed by atoms with Crippen molar-refractivity contribution in [2.75, 3.05) is 19.0 Å². The Bertz CT molecular complexity index is 1000. The monoisotopic (exact) mass is 447 g/mol. The second-order valence-corrected chi connectivity index (χ2v) is 9.39. The number of ether oxygens (including phenoxy) is 1. The third-order valence-electron chi connectivity index (χ3n) is 7.15. The van der Waals surface area contributed by atoms with Gasteiger partial charge in [0.25, 0.3) is 0 Å². The van der Waals surface area contributed by atoms with Crippen molar-refractivity contribution in [3.63, 3.8) is 0 Å². The van der Waals surface area contributed by atoms with Gasteiger partial charge in [-0.1, -0.05) is 0 Å². The normalized spacial score (nSPS) is 28.8. The minimum absolute atomic E-state index is 0.0572. The summed E-state index contributed by atoms with van der Waals surface area (Å²) >= 11 is 0. The molecule has 2 fully saturated rings. The maximum atomic E-state index is 14.4. The number of hydrogen-bond acceptors (Lipinski definition) is 6. The predicted molar refractivity (Wildman–Crippen MR) is 116 cm³/mol. The van der Waals surface area contributed by atoms with Crippen LogP contribution in [0.5, 0.6) is 0 Å². The number of carbonyl (C=O) groups excluding carboxylic acids is 2. The summed E-state index contributed by atoms with van der Waals surface area (Å²) in [6.07, 6.45) is 2.28. The van der Waals surface area contributed by atoms with Crippen molar-refractivity contribution in [3.8, 4) is 0 Å². The number of H-pyrrole nitrogens is 1. The van der Waals surface area contributed by atoms with Crippen LogP contribution in [0.25, 0.3) is 11.0 Å². The first kappa shape index (κ1) is 22.6. The number of anilines is 1. The molecule has 0 radical (unpaired) electrons. The Labute approximate surface area is 185 Å². The molecule has 2 aliphatic rings. The number of methoxy groups -OCH3 is 1. The minimum Gasteiger partial charge on any atom is -0.389 e. The van der Waals surface area contributed by atoms with E-state index < -0.39 is 35.0 Å². The Morgan fingerprint density at radius 3 is 2.75 bits per heavy atom. The fraction of sp³-hybridized carbons (Fsp3) is 0.636. The zero-order chi connectivity index (χ0) is 23.1. The molecule has 2 aromatic rings. The molecular formula is C22H30FN5O4. The number of carbonyl (C=O) groups is 2. The number of halogens is 1. The average Bonchev–Trinajstić information content (AvgIpc) is 3.39. The van der Waals surface area contributed by atoms with Crippen molar-refractivity contribution in [2.45, 2.75) is 69.9 Å². The van der Waals surface area contributed by atoms with Crippen LogP contribution >= 0.6 is 0 Å². The summed E-state index contributed by atoms with van der Waals surface area (Å²) in [4.78, 5) is 32.1. The molecule has 1 aliphatic heterocycles. The number of likely N-dealkylation sites (tertiary alicyclic amines) is 1. The lowest BCUT2D eigenvalue weighted by molar-refractivity contribution is -0.168. The van der Waals surface area contributed by atoms with Crippen LogP contribution in [0.2, 0.25) is 0 Å². The van der Waals surface area contributed by atoms with Gasteiger partial charge in [-0.2, -0.15) is 5.10 Å².